The molecule has 78 heavy (non-hydrogen) atoms. The summed E-state index contributed by atoms with van der Waals surface area (Å²) in [6.45, 7) is 20.2. The first-order valence-electron chi connectivity index (χ1n) is 28.9. The Hall–Kier alpha value is -8.11. The number of rotatable bonds is 6. The second-order valence-corrected chi connectivity index (χ2v) is 23.3. The van der Waals surface area contributed by atoms with Crippen molar-refractivity contribution in [2.45, 2.75) is 78.6 Å². The number of para-hydroxylation sites is 3. The van der Waals surface area contributed by atoms with Gasteiger partial charge in [-0.25, -0.2) is 4.98 Å². The van der Waals surface area contributed by atoms with Gasteiger partial charge in [0.15, 0.2) is 0 Å². The van der Waals surface area contributed by atoms with Gasteiger partial charge in [-0.2, -0.15) is 18.2 Å². The third-order valence-corrected chi connectivity index (χ3v) is 15.1. The number of fused-ring (bicyclic) bond motifs is 10. The van der Waals surface area contributed by atoms with E-state index in [1.807, 2.05) is 54.7 Å². The molecule has 0 saturated carbocycles. The maximum absolute atomic E-state index is 9.32. The molecule has 4 heterocycles. The summed E-state index contributed by atoms with van der Waals surface area (Å²) in [6, 6.07) is 62.0. The molecule has 1 aliphatic rings. The average molecular weight is 1200 g/mol. The molecular weight excluding hydrogens is 1130 g/mol. The Morgan fingerprint density at radius 2 is 1.12 bits per heavy atom. The predicted octanol–water partition coefficient (Wildman–Crippen LogP) is 18.1. The zero-order valence-corrected chi connectivity index (χ0v) is 47.5. The molecule has 0 radical (unpaired) electrons. The molecule has 6 heteroatoms. The summed E-state index contributed by atoms with van der Waals surface area (Å²) in [5.41, 5.74) is 16.2. The van der Waals surface area contributed by atoms with Crippen LogP contribution in [0.15, 0.2) is 200 Å². The molecule has 0 unspecified atom stereocenters. The van der Waals surface area contributed by atoms with E-state index >= 15 is 0 Å². The second kappa shape index (κ2) is 19.1. The molecular formula is C72H60N4OPt-2. The first-order chi connectivity index (χ1) is 39.2. The SMILES string of the molecule is [2H]c1c([2H])c([2H])c(-c2cccc3c2-c2ccccc2-c2cccc4c2[n+]([c-]n4-c2[c-]c(Oc4[c-]c5c(cc4)c4ccccc4n5-c4cc(C(C)(C)C)ccn4)ccc2)-c2c(-c4cc(C(C)(C)C)cc(C(C)(C)C)c4)cccc2-3)c([2H])c1[2H].[Pt]. The van der Waals surface area contributed by atoms with Crippen LogP contribution in [0.2, 0.25) is 0 Å². The summed E-state index contributed by atoms with van der Waals surface area (Å²) in [5.74, 6) is 1.84. The number of benzene rings is 9. The third-order valence-electron chi connectivity index (χ3n) is 15.1. The summed E-state index contributed by atoms with van der Waals surface area (Å²) < 4.78 is 58.1. The van der Waals surface area contributed by atoms with Crippen molar-refractivity contribution in [2.24, 2.45) is 0 Å². The van der Waals surface area contributed by atoms with Gasteiger partial charge in [-0.1, -0.05) is 213 Å². The topological polar surface area (TPSA) is 35.9 Å². The van der Waals surface area contributed by atoms with Crippen molar-refractivity contribution in [1.29, 1.82) is 0 Å². The van der Waals surface area contributed by atoms with E-state index in [1.165, 1.54) is 16.7 Å². The molecule has 3 aromatic heterocycles. The number of hydrogen-bond acceptors (Lipinski definition) is 2. The smallest absolute Gasteiger partial charge is 0.268 e. The Balaban J connectivity index is 0.00000680. The van der Waals surface area contributed by atoms with E-state index in [-0.39, 0.29) is 67.0 Å². The first kappa shape index (κ1) is 45.0. The van der Waals surface area contributed by atoms with Crippen LogP contribution >= 0.6 is 0 Å². The van der Waals surface area contributed by atoms with Gasteiger partial charge in [-0.3, -0.25) is 4.57 Å². The Morgan fingerprint density at radius 3 is 1.87 bits per heavy atom. The quantitative estimate of drug-likeness (QED) is 0.123. The minimum atomic E-state index is -0.434. The van der Waals surface area contributed by atoms with E-state index in [0.29, 0.717) is 22.7 Å². The number of nitrogens with zero attached hydrogens (tertiary/aromatic N) is 4. The van der Waals surface area contributed by atoms with Gasteiger partial charge >= 0.3 is 0 Å². The van der Waals surface area contributed by atoms with Crippen molar-refractivity contribution < 1.29 is 37.2 Å². The van der Waals surface area contributed by atoms with Gasteiger partial charge in [0.25, 0.3) is 6.33 Å². The summed E-state index contributed by atoms with van der Waals surface area (Å²) in [4.78, 5) is 4.89. The number of hydrogen-bond donors (Lipinski definition) is 0. The number of ether oxygens (including phenoxy) is 1. The summed E-state index contributed by atoms with van der Waals surface area (Å²) >= 11 is 0. The molecule has 13 rings (SSSR count). The van der Waals surface area contributed by atoms with E-state index in [4.69, 9.17) is 13.8 Å². The molecule has 0 amide bonds. The molecule has 0 N–H and O–H groups in total. The second-order valence-electron chi connectivity index (χ2n) is 23.3. The molecule has 0 saturated heterocycles. The van der Waals surface area contributed by atoms with Crippen molar-refractivity contribution in [3.63, 3.8) is 0 Å². The number of aromatic nitrogens is 4. The Bertz CT molecular complexity index is 4570. The standard InChI is InChI=1S/C72H60N4O.Pt/c1-70(2,3)48-37-38-73-66(42-48)76-63-33-16-15-26-57(63)58-36-35-53(44-65(58)76)77-52-24-17-23-51(43-52)74-45-75-68-55(47-39-49(71(4,5)6)41-50(40-47)72(7,8)9)29-19-31-62(68)60-30-18-28-54(46-21-11-10-12-22-46)67(60)59-27-14-13-25-56(59)61-32-20-34-64(74)69(61)75;/h10-42H,1-9H3;/q-2;/i10D,11D,12D,21D,22D;. The fraction of sp³-hybridized carbons (Fsp3) is 0.167. The molecule has 0 aliphatic carbocycles. The van der Waals surface area contributed by atoms with Gasteiger partial charge < -0.3 is 13.9 Å². The average Bonchev–Trinajstić information content (AvgIpc) is 3.93. The Labute approximate surface area is 479 Å². The molecule has 0 atom stereocenters. The van der Waals surface area contributed by atoms with Crippen LogP contribution in [0.1, 0.15) is 85.9 Å². The molecule has 386 valence electrons. The van der Waals surface area contributed by atoms with Gasteiger partial charge in [0, 0.05) is 44.3 Å². The monoisotopic (exact) mass is 1200 g/mol. The molecule has 9 aromatic carbocycles. The molecule has 5 nitrogen and oxygen atoms in total. The van der Waals surface area contributed by atoms with Crippen LogP contribution in [0, 0.1) is 18.5 Å². The van der Waals surface area contributed by atoms with Crippen LogP contribution in [0.5, 0.6) is 11.5 Å². The van der Waals surface area contributed by atoms with Crippen LogP contribution in [0.3, 0.4) is 0 Å². The van der Waals surface area contributed by atoms with E-state index < -0.39 is 6.04 Å². The molecule has 0 bridgehead atoms. The van der Waals surface area contributed by atoms with Crippen molar-refractivity contribution in [3.05, 3.63) is 235 Å². The Kier molecular flexibility index (Phi) is 11.0. The fourth-order valence-corrected chi connectivity index (χ4v) is 11.1. The van der Waals surface area contributed by atoms with Crippen molar-refractivity contribution >= 4 is 32.8 Å². The summed E-state index contributed by atoms with van der Waals surface area (Å²) in [5, 5.41) is 2.14. The zero-order valence-electron chi connectivity index (χ0n) is 50.2. The van der Waals surface area contributed by atoms with Crippen LogP contribution in [0.25, 0.3) is 106 Å². The van der Waals surface area contributed by atoms with E-state index in [9.17, 15) is 2.74 Å². The maximum atomic E-state index is 9.32. The van der Waals surface area contributed by atoms with Gasteiger partial charge in [-0.15, -0.1) is 29.7 Å². The van der Waals surface area contributed by atoms with Crippen LogP contribution in [-0.2, 0) is 37.3 Å². The first-order valence-corrected chi connectivity index (χ1v) is 26.4. The minimum Gasteiger partial charge on any atom is -0.510 e. The third kappa shape index (κ3) is 8.70. The van der Waals surface area contributed by atoms with Crippen LogP contribution < -0.4 is 9.30 Å². The van der Waals surface area contributed by atoms with Gasteiger partial charge in [0.05, 0.1) is 23.6 Å². The van der Waals surface area contributed by atoms with Gasteiger partial charge in [0.1, 0.15) is 5.82 Å². The number of imidazole rings is 1. The van der Waals surface area contributed by atoms with Crippen LogP contribution in [-0.4, -0.2) is 14.1 Å². The summed E-state index contributed by atoms with van der Waals surface area (Å²) in [7, 11) is 0. The molecule has 1 aliphatic heterocycles. The van der Waals surface area contributed by atoms with Gasteiger partial charge in [0.2, 0.25) is 0 Å². The molecule has 0 spiro atoms. The normalized spacial score (nSPS) is 13.2. The Morgan fingerprint density at radius 1 is 0.500 bits per heavy atom. The zero-order chi connectivity index (χ0) is 57.3. The van der Waals surface area contributed by atoms with Crippen molar-refractivity contribution in [3.8, 4) is 84.3 Å². The molecule has 0 fully saturated rings. The van der Waals surface area contributed by atoms with Gasteiger partial charge in [-0.05, 0) is 118 Å². The van der Waals surface area contributed by atoms with Crippen LogP contribution in [0.4, 0.5) is 0 Å². The molecule has 12 aromatic rings. The predicted molar refractivity (Wildman–Crippen MR) is 317 cm³/mol. The minimum absolute atomic E-state index is 0. The maximum Gasteiger partial charge on any atom is 0.268 e. The van der Waals surface area contributed by atoms with E-state index in [1.54, 1.807) is 0 Å². The van der Waals surface area contributed by atoms with Crippen molar-refractivity contribution in [1.82, 2.24) is 14.1 Å². The van der Waals surface area contributed by atoms with E-state index in [2.05, 4.69) is 210 Å². The fourth-order valence-electron chi connectivity index (χ4n) is 11.1. The van der Waals surface area contributed by atoms with E-state index in [0.717, 1.165) is 88.9 Å². The largest absolute Gasteiger partial charge is 0.510 e. The summed E-state index contributed by atoms with van der Waals surface area (Å²) in [6.07, 6.45) is 5.80. The number of pyridine rings is 1. The van der Waals surface area contributed by atoms with Crippen molar-refractivity contribution in [2.75, 3.05) is 0 Å².